The molecule has 1 aromatic rings. The molecule has 24 heavy (non-hydrogen) atoms. The van der Waals surface area contributed by atoms with Crippen molar-refractivity contribution in [3.05, 3.63) is 29.8 Å². The lowest BCUT2D eigenvalue weighted by atomic mass is 10.2. The van der Waals surface area contributed by atoms with Gasteiger partial charge in [0.15, 0.2) is 6.61 Å². The van der Waals surface area contributed by atoms with E-state index in [0.717, 1.165) is 5.56 Å². The average molecular weight is 333 g/mol. The van der Waals surface area contributed by atoms with Gasteiger partial charge >= 0.3 is 6.03 Å². The highest BCUT2D eigenvalue weighted by Crippen LogP contribution is 2.13. The summed E-state index contributed by atoms with van der Waals surface area (Å²) in [5, 5.41) is 0. The van der Waals surface area contributed by atoms with Crippen LogP contribution in [0.3, 0.4) is 0 Å². The lowest BCUT2D eigenvalue weighted by Gasteiger charge is -2.37. The summed E-state index contributed by atoms with van der Waals surface area (Å²) in [5.41, 5.74) is 1.10. The van der Waals surface area contributed by atoms with Crippen molar-refractivity contribution in [1.29, 1.82) is 0 Å². The molecule has 132 valence electrons. The highest BCUT2D eigenvalue weighted by atomic mass is 16.5. The largest absolute Gasteiger partial charge is 0.484 e. The molecule has 1 aliphatic rings. The number of hydrogen-bond acceptors (Lipinski definition) is 3. The Kier molecular flexibility index (Phi) is 6.46. The molecule has 1 fully saturated rings. The third kappa shape index (κ3) is 4.63. The van der Waals surface area contributed by atoms with Crippen molar-refractivity contribution in [2.75, 3.05) is 45.9 Å². The van der Waals surface area contributed by atoms with E-state index in [-0.39, 0.29) is 18.5 Å². The number of urea groups is 1. The van der Waals surface area contributed by atoms with E-state index in [1.165, 1.54) is 0 Å². The fraction of sp³-hybridized carbons (Fsp3) is 0.556. The van der Waals surface area contributed by atoms with Crippen molar-refractivity contribution in [2.24, 2.45) is 0 Å². The molecule has 2 rings (SSSR count). The van der Waals surface area contributed by atoms with Gasteiger partial charge in [0, 0.05) is 39.3 Å². The maximum atomic E-state index is 12.3. The van der Waals surface area contributed by atoms with Gasteiger partial charge in [0.2, 0.25) is 0 Å². The van der Waals surface area contributed by atoms with E-state index in [0.29, 0.717) is 45.0 Å². The molecule has 1 aliphatic heterocycles. The van der Waals surface area contributed by atoms with Gasteiger partial charge in [-0.3, -0.25) is 4.79 Å². The predicted octanol–water partition coefficient (Wildman–Crippen LogP) is 1.98. The molecule has 0 spiro atoms. The zero-order valence-corrected chi connectivity index (χ0v) is 14.8. The van der Waals surface area contributed by atoms with Gasteiger partial charge in [-0.2, -0.15) is 0 Å². The molecule has 6 nitrogen and oxygen atoms in total. The summed E-state index contributed by atoms with van der Waals surface area (Å²) in [6.45, 7) is 9.66. The van der Waals surface area contributed by atoms with Crippen LogP contribution in [-0.4, -0.2) is 72.5 Å². The number of carbonyl (C=O) groups excluding carboxylic acids is 2. The summed E-state index contributed by atoms with van der Waals surface area (Å²) in [6.07, 6.45) is 0. The van der Waals surface area contributed by atoms with E-state index in [1.54, 1.807) is 9.80 Å². The third-order valence-corrected chi connectivity index (χ3v) is 4.29. The topological polar surface area (TPSA) is 53.1 Å². The first-order chi connectivity index (χ1) is 11.5. The molecule has 0 aromatic heterocycles. The molecular formula is C18H27N3O3. The van der Waals surface area contributed by atoms with Crippen molar-refractivity contribution in [3.8, 4) is 5.75 Å². The second-order valence-corrected chi connectivity index (χ2v) is 5.93. The van der Waals surface area contributed by atoms with Gasteiger partial charge in [0.1, 0.15) is 5.75 Å². The summed E-state index contributed by atoms with van der Waals surface area (Å²) in [5.74, 6) is 0.671. The zero-order valence-electron chi connectivity index (χ0n) is 14.8. The van der Waals surface area contributed by atoms with Crippen molar-refractivity contribution in [1.82, 2.24) is 14.7 Å². The molecule has 6 heteroatoms. The third-order valence-electron chi connectivity index (χ3n) is 4.29. The van der Waals surface area contributed by atoms with E-state index < -0.39 is 0 Å². The van der Waals surface area contributed by atoms with Crippen LogP contribution < -0.4 is 4.74 Å². The Hall–Kier alpha value is -2.24. The minimum Gasteiger partial charge on any atom is -0.484 e. The molecule has 0 radical (unpaired) electrons. The first-order valence-electron chi connectivity index (χ1n) is 8.56. The molecule has 0 unspecified atom stereocenters. The van der Waals surface area contributed by atoms with E-state index >= 15 is 0 Å². The van der Waals surface area contributed by atoms with Crippen molar-refractivity contribution >= 4 is 11.9 Å². The average Bonchev–Trinajstić information content (AvgIpc) is 2.61. The van der Waals surface area contributed by atoms with Gasteiger partial charge < -0.3 is 19.4 Å². The van der Waals surface area contributed by atoms with Gasteiger partial charge in [-0.25, -0.2) is 4.79 Å². The van der Waals surface area contributed by atoms with Gasteiger partial charge in [-0.15, -0.1) is 0 Å². The molecule has 1 heterocycles. The lowest BCUT2D eigenvalue weighted by Crippen LogP contribution is -2.54. The quantitative estimate of drug-likeness (QED) is 0.828. The van der Waals surface area contributed by atoms with Crippen LogP contribution in [0.25, 0.3) is 0 Å². The molecule has 1 aromatic carbocycles. The number of ether oxygens (including phenoxy) is 1. The molecule has 0 atom stereocenters. The Bertz CT molecular complexity index is 564. The van der Waals surface area contributed by atoms with E-state index in [4.69, 9.17) is 4.74 Å². The number of rotatable bonds is 5. The molecule has 0 saturated carbocycles. The van der Waals surface area contributed by atoms with Gasteiger partial charge in [0.25, 0.3) is 5.91 Å². The Morgan fingerprint density at radius 2 is 1.71 bits per heavy atom. The highest BCUT2D eigenvalue weighted by Gasteiger charge is 2.26. The summed E-state index contributed by atoms with van der Waals surface area (Å²) in [7, 11) is 0. The number of piperazine rings is 1. The number of benzene rings is 1. The summed E-state index contributed by atoms with van der Waals surface area (Å²) in [6, 6.07) is 7.71. The highest BCUT2D eigenvalue weighted by molar-refractivity contribution is 5.79. The van der Waals surface area contributed by atoms with Crippen LogP contribution in [0.15, 0.2) is 24.3 Å². The summed E-state index contributed by atoms with van der Waals surface area (Å²) >= 11 is 0. The summed E-state index contributed by atoms with van der Waals surface area (Å²) < 4.78 is 5.57. The predicted molar refractivity (Wildman–Crippen MR) is 93.1 cm³/mol. The van der Waals surface area contributed by atoms with Crippen LogP contribution in [0.5, 0.6) is 5.75 Å². The second-order valence-electron chi connectivity index (χ2n) is 5.93. The molecule has 0 N–H and O–H groups in total. The minimum atomic E-state index is -0.0357. The normalized spacial score (nSPS) is 14.5. The molecule has 0 bridgehead atoms. The van der Waals surface area contributed by atoms with Crippen molar-refractivity contribution in [3.63, 3.8) is 0 Å². The van der Waals surface area contributed by atoms with Gasteiger partial charge in [-0.1, -0.05) is 12.1 Å². The monoisotopic (exact) mass is 333 g/mol. The molecule has 3 amide bonds. The van der Waals surface area contributed by atoms with Crippen molar-refractivity contribution < 1.29 is 14.3 Å². The van der Waals surface area contributed by atoms with Crippen LogP contribution in [0.4, 0.5) is 4.79 Å². The Morgan fingerprint density at radius 1 is 1.08 bits per heavy atom. The van der Waals surface area contributed by atoms with Crippen LogP contribution in [0.1, 0.15) is 19.4 Å². The minimum absolute atomic E-state index is 0.0352. The van der Waals surface area contributed by atoms with E-state index in [9.17, 15) is 9.59 Å². The molecule has 1 saturated heterocycles. The number of aryl methyl sites for hydroxylation is 1. The standard InChI is InChI=1S/C18H27N3O3/c1-4-19(5-2)18(23)21-11-9-20(10-12-21)17(22)14-24-16-8-6-7-15(3)13-16/h6-8,13H,4-5,9-12,14H2,1-3H3. The Morgan fingerprint density at radius 3 is 2.29 bits per heavy atom. The zero-order chi connectivity index (χ0) is 17.5. The van der Waals surface area contributed by atoms with Crippen LogP contribution >= 0.6 is 0 Å². The van der Waals surface area contributed by atoms with E-state index in [2.05, 4.69) is 0 Å². The number of nitrogens with zero attached hydrogens (tertiary/aromatic N) is 3. The lowest BCUT2D eigenvalue weighted by molar-refractivity contribution is -0.134. The fourth-order valence-electron chi connectivity index (χ4n) is 2.78. The Labute approximate surface area is 144 Å². The number of amides is 3. The summed E-state index contributed by atoms with van der Waals surface area (Å²) in [4.78, 5) is 30.0. The number of carbonyl (C=O) groups is 2. The first-order valence-corrected chi connectivity index (χ1v) is 8.56. The maximum Gasteiger partial charge on any atom is 0.320 e. The van der Waals surface area contributed by atoms with E-state index in [1.807, 2.05) is 49.9 Å². The number of hydrogen-bond donors (Lipinski definition) is 0. The maximum absolute atomic E-state index is 12.3. The molecule has 0 aliphatic carbocycles. The molecular weight excluding hydrogens is 306 g/mol. The Balaban J connectivity index is 1.79. The van der Waals surface area contributed by atoms with Crippen LogP contribution in [0, 0.1) is 6.92 Å². The fourth-order valence-corrected chi connectivity index (χ4v) is 2.78. The van der Waals surface area contributed by atoms with Gasteiger partial charge in [0.05, 0.1) is 0 Å². The smallest absolute Gasteiger partial charge is 0.320 e. The van der Waals surface area contributed by atoms with Crippen LogP contribution in [-0.2, 0) is 4.79 Å². The second kappa shape index (κ2) is 8.57. The SMILES string of the molecule is CCN(CC)C(=O)N1CCN(C(=O)COc2cccc(C)c2)CC1. The van der Waals surface area contributed by atoms with Crippen molar-refractivity contribution in [2.45, 2.75) is 20.8 Å². The first kappa shape index (κ1) is 18.1. The van der Waals surface area contributed by atoms with Crippen LogP contribution in [0.2, 0.25) is 0 Å². The van der Waals surface area contributed by atoms with Gasteiger partial charge in [-0.05, 0) is 38.5 Å².